The summed E-state index contributed by atoms with van der Waals surface area (Å²) in [6.07, 6.45) is 0. The molecule has 0 radical (unpaired) electrons. The number of carbonyl (C=O) groups is 1. The maximum Gasteiger partial charge on any atom is 0.264 e. The largest absolute Gasteiger partial charge is 0.337 e. The van der Waals surface area contributed by atoms with E-state index in [1.54, 1.807) is 4.90 Å². The zero-order chi connectivity index (χ0) is 18.3. The van der Waals surface area contributed by atoms with E-state index in [-0.39, 0.29) is 5.91 Å². The fourth-order valence-electron chi connectivity index (χ4n) is 3.20. The molecule has 3 aromatic rings. The molecular weight excluding hydrogens is 330 g/mol. The van der Waals surface area contributed by atoms with Crippen LogP contribution in [0.2, 0.25) is 0 Å². The molecule has 1 amide bonds. The smallest absolute Gasteiger partial charge is 0.264 e. The number of amides is 1. The molecule has 0 saturated heterocycles. The number of carbonyl (C=O) groups excluding carboxylic acids is 1. The van der Waals surface area contributed by atoms with Crippen molar-refractivity contribution in [1.29, 1.82) is 0 Å². The maximum absolute atomic E-state index is 13.0. The molecule has 0 atom stereocenters. The van der Waals surface area contributed by atoms with Crippen molar-refractivity contribution in [3.8, 4) is 0 Å². The molecule has 0 aliphatic rings. The fraction of sp³-hybridized carbons (Fsp3) is 0.350. The van der Waals surface area contributed by atoms with Gasteiger partial charge in [0.1, 0.15) is 10.7 Å². The Balaban J connectivity index is 1.93. The first-order valence-corrected chi connectivity index (χ1v) is 9.15. The number of nitrogens with zero attached hydrogens (tertiary/aromatic N) is 3. The minimum atomic E-state index is 0.0394. The first kappa shape index (κ1) is 17.5. The Morgan fingerprint density at radius 1 is 1.12 bits per heavy atom. The number of thiophene rings is 1. The molecule has 3 rings (SSSR count). The van der Waals surface area contributed by atoms with Gasteiger partial charge in [0, 0.05) is 24.7 Å². The summed E-state index contributed by atoms with van der Waals surface area (Å²) in [4.78, 5) is 25.4. The van der Waals surface area contributed by atoms with Gasteiger partial charge in [-0.1, -0.05) is 23.8 Å². The third-order valence-electron chi connectivity index (χ3n) is 4.53. The molecule has 0 aliphatic heterocycles. The predicted molar refractivity (Wildman–Crippen MR) is 103 cm³/mol. The van der Waals surface area contributed by atoms with Crippen molar-refractivity contribution in [2.45, 2.75) is 41.2 Å². The van der Waals surface area contributed by atoms with Crippen molar-refractivity contribution in [2.75, 3.05) is 7.05 Å². The number of hydrogen-bond acceptors (Lipinski definition) is 4. The van der Waals surface area contributed by atoms with Crippen LogP contribution in [0.4, 0.5) is 0 Å². The standard InChI is InChI=1S/C20H23N3OS/c1-11-7-8-16(12(2)9-11)10-23(6)20(24)18-13(3)17-14(4)21-15(5)22-19(17)25-18/h7-9H,10H2,1-6H3. The Morgan fingerprint density at radius 2 is 1.84 bits per heavy atom. The van der Waals surface area contributed by atoms with Gasteiger partial charge in [0.2, 0.25) is 0 Å². The number of rotatable bonds is 3. The van der Waals surface area contributed by atoms with Crippen molar-refractivity contribution >= 4 is 27.5 Å². The van der Waals surface area contributed by atoms with Gasteiger partial charge < -0.3 is 4.90 Å². The molecule has 0 fully saturated rings. The highest BCUT2D eigenvalue weighted by Crippen LogP contribution is 2.32. The normalized spacial score (nSPS) is 11.1. The summed E-state index contributed by atoms with van der Waals surface area (Å²) in [5, 5.41) is 1.01. The number of hydrogen-bond donors (Lipinski definition) is 0. The minimum Gasteiger partial charge on any atom is -0.337 e. The van der Waals surface area contributed by atoms with E-state index in [9.17, 15) is 4.79 Å². The summed E-state index contributed by atoms with van der Waals surface area (Å²) in [7, 11) is 1.86. The number of aryl methyl sites for hydroxylation is 5. The van der Waals surface area contributed by atoms with E-state index >= 15 is 0 Å². The average molecular weight is 353 g/mol. The molecule has 2 heterocycles. The third kappa shape index (κ3) is 3.29. The van der Waals surface area contributed by atoms with Gasteiger partial charge >= 0.3 is 0 Å². The van der Waals surface area contributed by atoms with Crippen molar-refractivity contribution in [2.24, 2.45) is 0 Å². The molecule has 0 spiro atoms. The van der Waals surface area contributed by atoms with Crippen LogP contribution in [0, 0.1) is 34.6 Å². The van der Waals surface area contributed by atoms with E-state index in [0.29, 0.717) is 6.54 Å². The summed E-state index contributed by atoms with van der Waals surface area (Å²) >= 11 is 1.46. The van der Waals surface area contributed by atoms with Gasteiger partial charge in [-0.05, 0) is 51.3 Å². The van der Waals surface area contributed by atoms with Crippen LogP contribution >= 0.6 is 11.3 Å². The highest BCUT2D eigenvalue weighted by Gasteiger charge is 2.21. The highest BCUT2D eigenvalue weighted by molar-refractivity contribution is 7.20. The van der Waals surface area contributed by atoms with Gasteiger partial charge in [0.25, 0.3) is 5.91 Å². The van der Waals surface area contributed by atoms with Crippen LogP contribution in [0.3, 0.4) is 0 Å². The van der Waals surface area contributed by atoms with Crippen LogP contribution in [0.25, 0.3) is 10.2 Å². The molecule has 2 aromatic heterocycles. The average Bonchev–Trinajstić information content (AvgIpc) is 2.86. The molecule has 0 unspecified atom stereocenters. The first-order valence-electron chi connectivity index (χ1n) is 8.34. The summed E-state index contributed by atoms with van der Waals surface area (Å²) in [5.41, 5.74) is 5.54. The van der Waals surface area contributed by atoms with E-state index in [1.807, 2.05) is 27.8 Å². The summed E-state index contributed by atoms with van der Waals surface area (Å²) < 4.78 is 0. The SMILES string of the molecule is Cc1ccc(CN(C)C(=O)c2sc3nc(C)nc(C)c3c2C)c(C)c1. The zero-order valence-corrected chi connectivity index (χ0v) is 16.4. The molecule has 0 aliphatic carbocycles. The molecular formula is C20H23N3OS. The Morgan fingerprint density at radius 3 is 2.52 bits per heavy atom. The molecule has 0 N–H and O–H groups in total. The second-order valence-corrected chi connectivity index (χ2v) is 7.68. The van der Waals surface area contributed by atoms with Gasteiger partial charge in [-0.15, -0.1) is 11.3 Å². The van der Waals surface area contributed by atoms with Gasteiger partial charge in [-0.3, -0.25) is 4.79 Å². The van der Waals surface area contributed by atoms with Crippen molar-refractivity contribution < 1.29 is 4.79 Å². The summed E-state index contributed by atoms with van der Waals surface area (Å²) in [6, 6.07) is 6.35. The van der Waals surface area contributed by atoms with Crippen LogP contribution in [0.15, 0.2) is 18.2 Å². The van der Waals surface area contributed by atoms with Crippen LogP contribution < -0.4 is 0 Å². The molecule has 4 nitrogen and oxygen atoms in total. The third-order valence-corrected chi connectivity index (χ3v) is 5.70. The Labute approximate surface area is 152 Å². The molecule has 0 bridgehead atoms. The Kier molecular flexibility index (Phi) is 4.60. The Hall–Kier alpha value is -2.27. The number of aromatic nitrogens is 2. The summed E-state index contributed by atoms with van der Waals surface area (Å²) in [6.45, 7) is 10.6. The van der Waals surface area contributed by atoms with E-state index in [1.165, 1.54) is 28.0 Å². The molecule has 5 heteroatoms. The van der Waals surface area contributed by atoms with Gasteiger partial charge in [0.05, 0.1) is 4.88 Å². The van der Waals surface area contributed by atoms with Crippen LogP contribution in [-0.4, -0.2) is 27.8 Å². The van der Waals surface area contributed by atoms with E-state index in [2.05, 4.69) is 42.0 Å². The maximum atomic E-state index is 13.0. The topological polar surface area (TPSA) is 46.1 Å². The highest BCUT2D eigenvalue weighted by atomic mass is 32.1. The van der Waals surface area contributed by atoms with E-state index in [0.717, 1.165) is 32.2 Å². The zero-order valence-electron chi connectivity index (χ0n) is 15.6. The molecule has 1 aromatic carbocycles. The van der Waals surface area contributed by atoms with E-state index < -0.39 is 0 Å². The lowest BCUT2D eigenvalue weighted by molar-refractivity contribution is 0.0789. The first-order chi connectivity index (χ1) is 11.8. The quantitative estimate of drug-likeness (QED) is 0.696. The number of benzene rings is 1. The fourth-order valence-corrected chi connectivity index (χ4v) is 4.47. The molecule has 0 saturated carbocycles. The predicted octanol–water partition coefficient (Wildman–Crippen LogP) is 4.51. The van der Waals surface area contributed by atoms with E-state index in [4.69, 9.17) is 0 Å². The lowest BCUT2D eigenvalue weighted by Gasteiger charge is -2.18. The van der Waals surface area contributed by atoms with Crippen LogP contribution in [0.1, 0.15) is 43.4 Å². The summed E-state index contributed by atoms with van der Waals surface area (Å²) in [5.74, 6) is 0.784. The van der Waals surface area contributed by atoms with Gasteiger partial charge in [0.15, 0.2) is 0 Å². The van der Waals surface area contributed by atoms with Crippen molar-refractivity contribution in [3.63, 3.8) is 0 Å². The molecule has 25 heavy (non-hydrogen) atoms. The Bertz CT molecular complexity index is 975. The minimum absolute atomic E-state index is 0.0394. The molecule has 130 valence electrons. The second kappa shape index (κ2) is 6.56. The van der Waals surface area contributed by atoms with Crippen molar-refractivity contribution in [3.05, 3.63) is 56.8 Å². The van der Waals surface area contributed by atoms with Crippen LogP contribution in [0.5, 0.6) is 0 Å². The monoisotopic (exact) mass is 353 g/mol. The number of fused-ring (bicyclic) bond motifs is 1. The van der Waals surface area contributed by atoms with Gasteiger partial charge in [-0.2, -0.15) is 0 Å². The second-order valence-electron chi connectivity index (χ2n) is 6.68. The van der Waals surface area contributed by atoms with Crippen molar-refractivity contribution in [1.82, 2.24) is 14.9 Å². The lowest BCUT2D eigenvalue weighted by atomic mass is 10.1. The lowest BCUT2D eigenvalue weighted by Crippen LogP contribution is -2.26. The van der Waals surface area contributed by atoms with Gasteiger partial charge in [-0.25, -0.2) is 9.97 Å². The van der Waals surface area contributed by atoms with Crippen LogP contribution in [-0.2, 0) is 6.54 Å².